The molecule has 0 bridgehead atoms. The largest absolute Gasteiger partial charge is 0.375 e. The Kier molecular flexibility index (Phi) is 5.60. The van der Waals surface area contributed by atoms with Crippen LogP contribution in [0.4, 0.5) is 21.9 Å². The summed E-state index contributed by atoms with van der Waals surface area (Å²) in [6.45, 7) is 5.44. The molecule has 0 amide bonds. The van der Waals surface area contributed by atoms with Gasteiger partial charge in [0.25, 0.3) is 0 Å². The zero-order valence-corrected chi connectivity index (χ0v) is 19.3. The van der Waals surface area contributed by atoms with Gasteiger partial charge < -0.3 is 15.7 Å². The summed E-state index contributed by atoms with van der Waals surface area (Å²) in [4.78, 5) is 16.7. The molecule has 0 saturated heterocycles. The van der Waals surface area contributed by atoms with Gasteiger partial charge in [-0.1, -0.05) is 28.7 Å². The van der Waals surface area contributed by atoms with Crippen LogP contribution in [0, 0.1) is 20.8 Å². The Bertz CT molecular complexity index is 1330. The van der Waals surface area contributed by atoms with Crippen LogP contribution in [0.3, 0.4) is 0 Å². The number of hydrogen-bond acceptors (Lipinski definition) is 9. The van der Waals surface area contributed by atoms with E-state index in [0.717, 1.165) is 27.1 Å². The Morgan fingerprint density at radius 1 is 1.06 bits per heavy atom. The van der Waals surface area contributed by atoms with E-state index in [-0.39, 0.29) is 10.8 Å². The molecule has 0 aliphatic carbocycles. The lowest BCUT2D eigenvalue weighted by atomic mass is 10.3. The zero-order chi connectivity index (χ0) is 22.2. The van der Waals surface area contributed by atoms with E-state index in [9.17, 15) is 8.42 Å². The molecule has 0 aliphatic rings. The Morgan fingerprint density at radius 3 is 2.35 bits per heavy atom. The van der Waals surface area contributed by atoms with E-state index in [1.54, 1.807) is 32.0 Å². The Hall–Kier alpha value is -3.09. The number of nitrogen functional groups attached to an aromatic ring is 1. The number of aromatic amines is 1. The van der Waals surface area contributed by atoms with E-state index in [2.05, 4.69) is 30.0 Å². The van der Waals surface area contributed by atoms with Crippen molar-refractivity contribution >= 4 is 54.6 Å². The van der Waals surface area contributed by atoms with E-state index in [0.29, 0.717) is 16.5 Å². The van der Waals surface area contributed by atoms with Crippen molar-refractivity contribution in [1.82, 2.24) is 15.0 Å². The van der Waals surface area contributed by atoms with Crippen molar-refractivity contribution in [1.29, 1.82) is 0 Å². The first kappa shape index (κ1) is 21.2. The third-order valence-corrected chi connectivity index (χ3v) is 7.27. The molecule has 4 aromatic rings. The summed E-state index contributed by atoms with van der Waals surface area (Å²) >= 11 is 2.91. The summed E-state index contributed by atoms with van der Waals surface area (Å²) in [6.07, 6.45) is 0. The first-order valence-corrected chi connectivity index (χ1v) is 12.2. The average molecular weight is 474 g/mol. The second-order valence-electron chi connectivity index (χ2n) is 6.74. The van der Waals surface area contributed by atoms with Crippen molar-refractivity contribution in [2.24, 2.45) is 0 Å². The number of aryl methyl sites for hydroxylation is 3. The minimum atomic E-state index is -3.92. The molecule has 0 aliphatic heterocycles. The molecular weight excluding hydrogens is 454 g/mol. The highest BCUT2D eigenvalue weighted by atomic mass is 32.2. The van der Waals surface area contributed by atoms with E-state index in [1.165, 1.54) is 34.8 Å². The normalized spacial score (nSPS) is 11.5. The van der Waals surface area contributed by atoms with Gasteiger partial charge in [-0.2, -0.15) is 0 Å². The number of aromatic nitrogens is 4. The maximum absolute atomic E-state index is 12.6. The summed E-state index contributed by atoms with van der Waals surface area (Å²) in [6, 6.07) is 8.09. The number of rotatable bonds is 6. The number of anilines is 3. The van der Waals surface area contributed by atoms with Gasteiger partial charge >= 0.3 is 5.13 Å². The van der Waals surface area contributed by atoms with Gasteiger partial charge in [0.2, 0.25) is 10.0 Å². The molecule has 0 spiro atoms. The van der Waals surface area contributed by atoms with E-state index in [1.807, 2.05) is 12.3 Å². The Morgan fingerprint density at radius 2 is 1.74 bits per heavy atom. The smallest absolute Gasteiger partial charge is 0.337 e. The molecule has 4 N–H and O–H groups in total. The highest BCUT2D eigenvalue weighted by molar-refractivity contribution is 7.94. The van der Waals surface area contributed by atoms with Crippen molar-refractivity contribution in [2.75, 3.05) is 11.1 Å². The van der Waals surface area contributed by atoms with Crippen LogP contribution in [0.5, 0.6) is 0 Å². The molecule has 0 atom stereocenters. The Labute approximate surface area is 187 Å². The van der Waals surface area contributed by atoms with E-state index >= 15 is 0 Å². The van der Waals surface area contributed by atoms with E-state index < -0.39 is 10.0 Å². The monoisotopic (exact) mass is 473 g/mol. The first-order valence-electron chi connectivity index (χ1n) is 9.11. The molecule has 160 valence electrons. The van der Waals surface area contributed by atoms with Crippen LogP contribution < -0.4 is 16.0 Å². The number of sulfonamides is 1. The third-order valence-electron chi connectivity index (χ3n) is 4.18. The lowest BCUT2D eigenvalue weighted by molar-refractivity contribution is -0.340. The lowest BCUT2D eigenvalue weighted by Gasteiger charge is -2.15. The second-order valence-corrected chi connectivity index (χ2v) is 10.3. The summed E-state index contributed by atoms with van der Waals surface area (Å²) in [7, 11) is -3.92. The van der Waals surface area contributed by atoms with Gasteiger partial charge in [-0.25, -0.2) is 23.7 Å². The predicted molar refractivity (Wildman–Crippen MR) is 123 cm³/mol. The van der Waals surface area contributed by atoms with Gasteiger partial charge in [0.1, 0.15) is 5.69 Å². The second kappa shape index (κ2) is 8.21. The molecule has 9 nitrogen and oxygen atoms in total. The molecule has 4 rings (SSSR count). The van der Waals surface area contributed by atoms with Gasteiger partial charge in [0, 0.05) is 11.3 Å². The highest BCUT2D eigenvalue weighted by Crippen LogP contribution is 2.32. The number of H-pyrrole nitrogens is 1. The average Bonchev–Trinajstić information content (AvgIpc) is 3.26. The molecule has 0 unspecified atom stereocenters. The van der Waals surface area contributed by atoms with Crippen molar-refractivity contribution in [2.45, 2.75) is 25.7 Å². The molecule has 0 fully saturated rings. The van der Waals surface area contributed by atoms with Crippen LogP contribution >= 0.6 is 22.7 Å². The number of benzene rings is 1. The molecule has 1 aromatic carbocycles. The van der Waals surface area contributed by atoms with Crippen molar-refractivity contribution in [3.8, 4) is 10.6 Å². The van der Waals surface area contributed by atoms with Gasteiger partial charge in [-0.05, 0) is 56.4 Å². The highest BCUT2D eigenvalue weighted by Gasteiger charge is 2.17. The first-order chi connectivity index (χ1) is 14.7. The molecular formula is C19H19N7O2S3. The fourth-order valence-corrected chi connectivity index (χ4v) is 5.41. The fraction of sp³-hybridized carbons (Fsp3) is 0.158. The number of hydrogen-bond donors (Lipinski definition) is 2. The van der Waals surface area contributed by atoms with Gasteiger partial charge in [-0.15, -0.1) is 0 Å². The number of nitrogens with zero attached hydrogens (tertiary/aromatic N) is 4. The molecule has 31 heavy (non-hydrogen) atoms. The third kappa shape index (κ3) is 4.81. The SMILES string of the molecule is Cc1cc(C)nc([N-]S(=O)(=O)c2ccc(Nc3[nH+]c(-c4sc(N)nc4C)cs3)cc2)n1. The van der Waals surface area contributed by atoms with Gasteiger partial charge in [-0.3, -0.25) is 4.72 Å². The predicted octanol–water partition coefficient (Wildman–Crippen LogP) is 4.12. The molecule has 12 heteroatoms. The van der Waals surface area contributed by atoms with E-state index in [4.69, 9.17) is 5.73 Å². The lowest BCUT2D eigenvalue weighted by Crippen LogP contribution is -2.07. The maximum atomic E-state index is 12.6. The number of nitrogens with one attached hydrogen (secondary N) is 2. The number of nitrogens with two attached hydrogens (primary N) is 1. The van der Waals surface area contributed by atoms with Crippen molar-refractivity contribution in [3.63, 3.8) is 0 Å². The van der Waals surface area contributed by atoms with Crippen molar-refractivity contribution in [3.05, 3.63) is 57.5 Å². The molecule has 3 heterocycles. The van der Waals surface area contributed by atoms with Crippen molar-refractivity contribution < 1.29 is 13.4 Å². The number of thiazole rings is 2. The zero-order valence-electron chi connectivity index (χ0n) is 16.9. The van der Waals surface area contributed by atoms with Gasteiger partial charge in [0.15, 0.2) is 10.8 Å². The quantitative estimate of drug-likeness (QED) is 0.429. The minimum absolute atomic E-state index is 0.0624. The van der Waals surface area contributed by atoms with Crippen LogP contribution in [0.2, 0.25) is 0 Å². The summed E-state index contributed by atoms with van der Waals surface area (Å²) in [5, 5.41) is 6.53. The maximum Gasteiger partial charge on any atom is 0.337 e. The van der Waals surface area contributed by atoms with Crippen LogP contribution in [0.15, 0.2) is 40.6 Å². The van der Waals surface area contributed by atoms with Crippen LogP contribution in [0.25, 0.3) is 15.3 Å². The molecule has 0 radical (unpaired) electrons. The fourth-order valence-electron chi connectivity index (χ4n) is 2.89. The summed E-state index contributed by atoms with van der Waals surface area (Å²) in [5.74, 6) is -0.0700. The van der Waals surface area contributed by atoms with Crippen LogP contribution in [0.1, 0.15) is 17.1 Å². The summed E-state index contributed by atoms with van der Waals surface area (Å²) < 4.78 is 29.0. The summed E-state index contributed by atoms with van der Waals surface area (Å²) in [5.41, 5.74) is 9.61. The van der Waals surface area contributed by atoms with Crippen LogP contribution in [-0.4, -0.2) is 23.4 Å². The molecule has 3 aromatic heterocycles. The minimum Gasteiger partial charge on any atom is -0.375 e. The standard InChI is InChI=1S/C19H18N7O2S3/c1-10-8-11(2)22-18(21-10)26-31(27,28)14-6-4-13(5-7-14)24-19-25-15(9-29-19)16-12(3)23-17(20)30-16/h4-9H,1-3H3,(H3-,20,21,22,23,24,25,26)/q-1/p+1. The molecule has 0 saturated carbocycles. The topological polar surface area (TPSA) is 139 Å². The van der Waals surface area contributed by atoms with Gasteiger partial charge in [0.05, 0.1) is 15.5 Å². The van der Waals surface area contributed by atoms with Crippen LogP contribution in [-0.2, 0) is 10.0 Å². The Balaban J connectivity index is 1.49.